The minimum Gasteiger partial charge on any atom is -0.462 e. The van der Waals surface area contributed by atoms with Crippen molar-refractivity contribution in [1.82, 2.24) is 24.6 Å². The molecule has 3 aromatic rings. The van der Waals surface area contributed by atoms with Gasteiger partial charge >= 0.3 is 5.97 Å². The lowest BCUT2D eigenvalue weighted by atomic mass is 10.1. The summed E-state index contributed by atoms with van der Waals surface area (Å²) in [5.41, 5.74) is 3.11. The van der Waals surface area contributed by atoms with E-state index < -0.39 is 5.97 Å². The van der Waals surface area contributed by atoms with Gasteiger partial charge in [-0.05, 0) is 64.4 Å². The molecule has 0 unspecified atom stereocenters. The van der Waals surface area contributed by atoms with Gasteiger partial charge in [-0.25, -0.2) is 4.79 Å². The number of ketones is 1. The van der Waals surface area contributed by atoms with Gasteiger partial charge in [0.25, 0.3) is 0 Å². The molecule has 0 atom stereocenters. The number of aromatic amines is 1. The smallest absolute Gasteiger partial charge is 0.340 e. The molecule has 8 nitrogen and oxygen atoms in total. The molecule has 34 heavy (non-hydrogen) atoms. The van der Waals surface area contributed by atoms with Crippen LogP contribution in [0.3, 0.4) is 0 Å². The second-order valence-corrected chi connectivity index (χ2v) is 9.41. The zero-order chi connectivity index (χ0) is 24.1. The summed E-state index contributed by atoms with van der Waals surface area (Å²) in [6.45, 7) is 8.47. The summed E-state index contributed by atoms with van der Waals surface area (Å²) < 4.78 is 7.19. The van der Waals surface area contributed by atoms with Gasteiger partial charge in [0.2, 0.25) is 0 Å². The maximum atomic E-state index is 13.1. The van der Waals surface area contributed by atoms with E-state index in [1.165, 1.54) is 31.0 Å². The molecule has 180 valence electrons. The zero-order valence-corrected chi connectivity index (χ0v) is 20.8. The van der Waals surface area contributed by atoms with Gasteiger partial charge in [-0.3, -0.25) is 14.3 Å². The number of carbonyl (C=O) groups excluding carboxylic acids is 2. The van der Waals surface area contributed by atoms with Crippen molar-refractivity contribution in [3.63, 3.8) is 0 Å². The molecule has 1 fully saturated rings. The van der Waals surface area contributed by atoms with Gasteiger partial charge in [0.05, 0.1) is 30.2 Å². The number of thioether (sulfide) groups is 1. The molecule has 0 spiro atoms. The summed E-state index contributed by atoms with van der Waals surface area (Å²) in [4.78, 5) is 30.9. The van der Waals surface area contributed by atoms with Crippen molar-refractivity contribution >= 4 is 23.5 Å². The highest BCUT2D eigenvalue weighted by molar-refractivity contribution is 7.99. The number of esters is 1. The van der Waals surface area contributed by atoms with E-state index in [1.807, 2.05) is 34.9 Å². The van der Waals surface area contributed by atoms with Gasteiger partial charge in [-0.15, -0.1) is 10.2 Å². The summed E-state index contributed by atoms with van der Waals surface area (Å²) in [5.74, 6) is 0.546. The molecule has 1 N–H and O–H groups in total. The second kappa shape index (κ2) is 11.0. The Labute approximate surface area is 204 Å². The fraction of sp³-hybridized carbons (Fsp3) is 0.440. The second-order valence-electron chi connectivity index (χ2n) is 8.46. The predicted octanol–water partition coefficient (Wildman–Crippen LogP) is 4.35. The van der Waals surface area contributed by atoms with Crippen LogP contribution in [0.25, 0.3) is 5.69 Å². The molecule has 1 saturated heterocycles. The third kappa shape index (κ3) is 5.26. The van der Waals surface area contributed by atoms with E-state index in [4.69, 9.17) is 4.74 Å². The number of hydrogen-bond acceptors (Lipinski definition) is 7. The highest BCUT2D eigenvalue weighted by Crippen LogP contribution is 2.26. The number of piperidine rings is 1. The lowest BCUT2D eigenvalue weighted by molar-refractivity contribution is 0.0525. The monoisotopic (exact) mass is 481 g/mol. The number of Topliss-reactive ketones (excluding diaryl/α,β-unsaturated/α-hetero) is 1. The van der Waals surface area contributed by atoms with Crippen molar-refractivity contribution in [2.24, 2.45) is 0 Å². The van der Waals surface area contributed by atoms with E-state index in [0.717, 1.165) is 31.1 Å². The van der Waals surface area contributed by atoms with E-state index in [2.05, 4.69) is 20.1 Å². The van der Waals surface area contributed by atoms with Gasteiger partial charge in [0.1, 0.15) is 0 Å². The third-order valence-electron chi connectivity index (χ3n) is 6.06. The molecule has 0 amide bonds. The molecule has 2 aromatic heterocycles. The first-order chi connectivity index (χ1) is 16.5. The SMILES string of the molecule is CCOC(=O)c1c(C)[nH]c(C(=O)CSc2nnc(CN3CCCCC3)n2-c2ccccc2)c1C. The standard InChI is InChI=1S/C25H31N5O3S/c1-4-33-24(32)22-17(2)23(26-18(22)3)20(31)16-34-25-28-27-21(15-29-13-9-6-10-14-29)30(25)19-11-7-5-8-12-19/h5,7-8,11-12,26H,4,6,9-10,13-16H2,1-3H3. The van der Waals surface area contributed by atoms with Crippen LogP contribution in [0.15, 0.2) is 35.5 Å². The van der Waals surface area contributed by atoms with E-state index >= 15 is 0 Å². The molecular weight excluding hydrogens is 450 g/mol. The number of para-hydroxylation sites is 1. The number of nitrogens with one attached hydrogen (secondary N) is 1. The van der Waals surface area contributed by atoms with Crippen LogP contribution in [0.2, 0.25) is 0 Å². The van der Waals surface area contributed by atoms with Crippen LogP contribution in [0.4, 0.5) is 0 Å². The number of ether oxygens (including phenoxy) is 1. The Bertz CT molecular complexity index is 1150. The average molecular weight is 482 g/mol. The highest BCUT2D eigenvalue weighted by Gasteiger charge is 2.24. The molecule has 0 radical (unpaired) electrons. The number of aromatic nitrogens is 4. The van der Waals surface area contributed by atoms with E-state index in [1.54, 1.807) is 20.8 Å². The molecule has 4 rings (SSSR count). The Hall–Kier alpha value is -2.91. The Morgan fingerprint density at radius 3 is 2.53 bits per heavy atom. The fourth-order valence-corrected chi connectivity index (χ4v) is 5.23. The van der Waals surface area contributed by atoms with Gasteiger partial charge in [0.15, 0.2) is 16.8 Å². The fourth-order valence-electron chi connectivity index (χ4n) is 4.39. The first-order valence-electron chi connectivity index (χ1n) is 11.7. The van der Waals surface area contributed by atoms with Crippen LogP contribution >= 0.6 is 11.8 Å². The number of hydrogen-bond donors (Lipinski definition) is 1. The maximum Gasteiger partial charge on any atom is 0.340 e. The zero-order valence-electron chi connectivity index (χ0n) is 20.0. The average Bonchev–Trinajstić information content (AvgIpc) is 3.38. The molecule has 0 saturated carbocycles. The first kappa shape index (κ1) is 24.2. The molecule has 0 bridgehead atoms. The molecular formula is C25H31N5O3S. The van der Waals surface area contributed by atoms with Crippen molar-refractivity contribution < 1.29 is 14.3 Å². The van der Waals surface area contributed by atoms with E-state index in [-0.39, 0.29) is 18.1 Å². The molecule has 1 aliphatic heterocycles. The maximum absolute atomic E-state index is 13.1. The molecule has 1 aromatic carbocycles. The van der Waals surface area contributed by atoms with E-state index in [0.29, 0.717) is 27.7 Å². The van der Waals surface area contributed by atoms with Crippen LogP contribution in [-0.4, -0.2) is 61.9 Å². The highest BCUT2D eigenvalue weighted by atomic mass is 32.2. The summed E-state index contributed by atoms with van der Waals surface area (Å²) in [6, 6.07) is 10.0. The normalized spacial score (nSPS) is 14.3. The van der Waals surface area contributed by atoms with Gasteiger partial charge < -0.3 is 9.72 Å². The number of likely N-dealkylation sites (tertiary alicyclic amines) is 1. The van der Waals surface area contributed by atoms with Crippen molar-refractivity contribution in [2.75, 3.05) is 25.4 Å². The predicted molar refractivity (Wildman–Crippen MR) is 132 cm³/mol. The lowest BCUT2D eigenvalue weighted by Gasteiger charge is -2.26. The van der Waals surface area contributed by atoms with Crippen molar-refractivity contribution in [3.05, 3.63) is 58.7 Å². The number of rotatable bonds is 9. The minimum absolute atomic E-state index is 0.0960. The van der Waals surface area contributed by atoms with Crippen molar-refractivity contribution in [3.8, 4) is 5.69 Å². The van der Waals surface area contributed by atoms with Crippen LogP contribution in [-0.2, 0) is 11.3 Å². The van der Waals surface area contributed by atoms with E-state index in [9.17, 15) is 9.59 Å². The number of nitrogens with zero attached hydrogens (tertiary/aromatic N) is 4. The Kier molecular flexibility index (Phi) is 7.84. The van der Waals surface area contributed by atoms with Crippen LogP contribution in [0.5, 0.6) is 0 Å². The largest absolute Gasteiger partial charge is 0.462 e. The van der Waals surface area contributed by atoms with Crippen LogP contribution in [0, 0.1) is 13.8 Å². The third-order valence-corrected chi connectivity index (χ3v) is 6.99. The number of carbonyl (C=O) groups is 2. The van der Waals surface area contributed by atoms with Gasteiger partial charge in [0, 0.05) is 11.4 Å². The number of benzene rings is 1. The summed E-state index contributed by atoms with van der Waals surface area (Å²) in [5, 5.41) is 9.60. The number of H-pyrrole nitrogens is 1. The van der Waals surface area contributed by atoms with Crippen molar-refractivity contribution in [2.45, 2.75) is 51.7 Å². The Morgan fingerprint density at radius 2 is 1.82 bits per heavy atom. The molecule has 1 aliphatic rings. The van der Waals surface area contributed by atoms with Crippen LogP contribution < -0.4 is 0 Å². The summed E-state index contributed by atoms with van der Waals surface area (Å²) >= 11 is 1.36. The van der Waals surface area contributed by atoms with Crippen molar-refractivity contribution in [1.29, 1.82) is 0 Å². The molecule has 0 aliphatic carbocycles. The summed E-state index contributed by atoms with van der Waals surface area (Å²) in [6.07, 6.45) is 3.69. The molecule has 9 heteroatoms. The van der Waals surface area contributed by atoms with Crippen LogP contribution in [0.1, 0.15) is 64.1 Å². The minimum atomic E-state index is -0.411. The quantitative estimate of drug-likeness (QED) is 0.276. The van der Waals surface area contributed by atoms with Gasteiger partial charge in [-0.2, -0.15) is 0 Å². The summed E-state index contributed by atoms with van der Waals surface area (Å²) in [7, 11) is 0. The molecule has 3 heterocycles. The number of aryl methyl sites for hydroxylation is 1. The lowest BCUT2D eigenvalue weighted by Crippen LogP contribution is -2.30. The Balaban J connectivity index is 1.54. The Morgan fingerprint density at radius 1 is 1.09 bits per heavy atom. The topological polar surface area (TPSA) is 93.1 Å². The first-order valence-corrected chi connectivity index (χ1v) is 12.7. The van der Waals surface area contributed by atoms with Gasteiger partial charge in [-0.1, -0.05) is 36.4 Å².